The van der Waals surface area contributed by atoms with Gasteiger partial charge >= 0.3 is 0 Å². The lowest BCUT2D eigenvalue weighted by Gasteiger charge is -2.18. The number of rotatable bonds is 5. The average Bonchev–Trinajstić information content (AvgIpc) is 2.39. The molecule has 0 aliphatic heterocycles. The predicted molar refractivity (Wildman–Crippen MR) is 71.5 cm³/mol. The molecular weight excluding hydrogens is 226 g/mol. The Balaban J connectivity index is 2.73. The molecule has 0 aliphatic rings. The first-order valence-corrected chi connectivity index (χ1v) is 5.79. The van der Waals surface area contributed by atoms with Crippen LogP contribution >= 0.6 is 0 Å². The molecule has 0 aliphatic carbocycles. The highest BCUT2D eigenvalue weighted by atomic mass is 16.2. The van der Waals surface area contributed by atoms with Crippen LogP contribution in [0.3, 0.4) is 0 Å². The Labute approximate surface area is 108 Å². The molecule has 94 valence electrons. The quantitative estimate of drug-likeness (QED) is 0.630. The maximum Gasteiger partial charge on any atom is 0.299 e. The van der Waals surface area contributed by atoms with Crippen molar-refractivity contribution in [3.05, 3.63) is 48.0 Å². The van der Waals surface area contributed by atoms with E-state index in [0.717, 1.165) is 5.56 Å². The normalized spacial score (nSPS) is 9.89. The van der Waals surface area contributed by atoms with Crippen molar-refractivity contribution < 1.29 is 9.90 Å². The summed E-state index contributed by atoms with van der Waals surface area (Å²) in [6.07, 6.45) is 3.38. The largest absolute Gasteiger partial charge is 0.392 e. The summed E-state index contributed by atoms with van der Waals surface area (Å²) in [5, 5.41) is 8.69. The maximum absolute atomic E-state index is 11.8. The average molecular weight is 243 g/mol. The Kier molecular flexibility index (Phi) is 6.31. The number of aliphatic hydroxyl groups is 1. The Morgan fingerprint density at radius 1 is 1.33 bits per heavy atom. The van der Waals surface area contributed by atoms with Crippen LogP contribution in [0.2, 0.25) is 0 Å². The predicted octanol–water partition coefficient (Wildman–Crippen LogP) is 1.59. The topological polar surface area (TPSA) is 40.5 Å². The van der Waals surface area contributed by atoms with E-state index in [1.807, 2.05) is 30.3 Å². The molecule has 0 saturated heterocycles. The fourth-order valence-corrected chi connectivity index (χ4v) is 1.49. The van der Waals surface area contributed by atoms with E-state index in [-0.39, 0.29) is 12.5 Å². The second-order valence-corrected chi connectivity index (χ2v) is 3.70. The summed E-state index contributed by atoms with van der Waals surface area (Å²) in [6, 6.07) is 9.75. The fourth-order valence-electron chi connectivity index (χ4n) is 1.49. The van der Waals surface area contributed by atoms with Gasteiger partial charge in [0.25, 0.3) is 5.91 Å². The maximum atomic E-state index is 11.8. The van der Waals surface area contributed by atoms with Crippen molar-refractivity contribution in [1.29, 1.82) is 0 Å². The summed E-state index contributed by atoms with van der Waals surface area (Å²) in [5.41, 5.74) is 1.06. The van der Waals surface area contributed by atoms with Crippen molar-refractivity contribution in [1.82, 2.24) is 4.90 Å². The van der Waals surface area contributed by atoms with Gasteiger partial charge in [0, 0.05) is 13.1 Å². The van der Waals surface area contributed by atoms with E-state index in [9.17, 15) is 4.79 Å². The lowest BCUT2D eigenvalue weighted by Crippen LogP contribution is -2.29. The van der Waals surface area contributed by atoms with E-state index in [0.29, 0.717) is 13.1 Å². The lowest BCUT2D eigenvalue weighted by atomic mass is 10.2. The molecule has 0 saturated carbocycles. The molecule has 1 rings (SSSR count). The third-order valence-electron chi connectivity index (χ3n) is 2.33. The summed E-state index contributed by atoms with van der Waals surface area (Å²) >= 11 is 0. The summed E-state index contributed by atoms with van der Waals surface area (Å²) in [5.74, 6) is 4.94. The van der Waals surface area contributed by atoms with E-state index in [2.05, 4.69) is 11.8 Å². The molecule has 0 bridgehead atoms. The minimum Gasteiger partial charge on any atom is -0.392 e. The van der Waals surface area contributed by atoms with Crippen LogP contribution in [0.4, 0.5) is 0 Å². The first-order valence-electron chi connectivity index (χ1n) is 5.79. The van der Waals surface area contributed by atoms with E-state index in [4.69, 9.17) is 5.11 Å². The van der Waals surface area contributed by atoms with Crippen LogP contribution in [0.5, 0.6) is 0 Å². The number of hydrogen-bond donors (Lipinski definition) is 1. The van der Waals surface area contributed by atoms with Crippen LogP contribution in [-0.4, -0.2) is 29.1 Å². The first-order chi connectivity index (χ1) is 8.77. The van der Waals surface area contributed by atoms with Gasteiger partial charge in [-0.1, -0.05) is 48.4 Å². The van der Waals surface area contributed by atoms with Gasteiger partial charge < -0.3 is 10.0 Å². The molecule has 0 radical (unpaired) electrons. The van der Waals surface area contributed by atoms with Crippen LogP contribution in [0.15, 0.2) is 42.5 Å². The van der Waals surface area contributed by atoms with Gasteiger partial charge in [-0.2, -0.15) is 0 Å². The lowest BCUT2D eigenvalue weighted by molar-refractivity contribution is -0.125. The summed E-state index contributed by atoms with van der Waals surface area (Å²) < 4.78 is 0. The van der Waals surface area contributed by atoms with Gasteiger partial charge in [-0.05, 0) is 18.4 Å². The van der Waals surface area contributed by atoms with Gasteiger partial charge in [-0.25, -0.2) is 0 Å². The SMILES string of the molecule is CC#CC(=O)N(C/C=C/CO)Cc1ccccc1. The molecular formula is C15H17NO2. The second kappa shape index (κ2) is 8.10. The van der Waals surface area contributed by atoms with E-state index < -0.39 is 0 Å². The molecule has 3 heteroatoms. The van der Waals surface area contributed by atoms with Crippen LogP contribution in [0.1, 0.15) is 12.5 Å². The van der Waals surface area contributed by atoms with Crippen molar-refractivity contribution in [3.63, 3.8) is 0 Å². The minimum atomic E-state index is -0.205. The van der Waals surface area contributed by atoms with Crippen molar-refractivity contribution in [2.24, 2.45) is 0 Å². The third kappa shape index (κ3) is 4.86. The number of carbonyl (C=O) groups is 1. The number of nitrogens with zero attached hydrogens (tertiary/aromatic N) is 1. The Morgan fingerprint density at radius 3 is 2.67 bits per heavy atom. The van der Waals surface area contributed by atoms with Crippen LogP contribution in [0.25, 0.3) is 0 Å². The van der Waals surface area contributed by atoms with Gasteiger partial charge in [0.2, 0.25) is 0 Å². The molecule has 1 aromatic rings. The fraction of sp³-hybridized carbons (Fsp3) is 0.267. The van der Waals surface area contributed by atoms with Gasteiger partial charge in [-0.15, -0.1) is 0 Å². The van der Waals surface area contributed by atoms with Crippen LogP contribution in [-0.2, 0) is 11.3 Å². The zero-order chi connectivity index (χ0) is 13.2. The summed E-state index contributed by atoms with van der Waals surface area (Å²) in [6.45, 7) is 2.59. The number of benzene rings is 1. The van der Waals surface area contributed by atoms with E-state index in [1.165, 1.54) is 0 Å². The molecule has 1 N–H and O–H groups in total. The molecule has 1 amide bonds. The van der Waals surface area contributed by atoms with Crippen LogP contribution in [0, 0.1) is 11.8 Å². The molecule has 18 heavy (non-hydrogen) atoms. The Morgan fingerprint density at radius 2 is 2.06 bits per heavy atom. The number of aliphatic hydroxyl groups excluding tert-OH is 1. The van der Waals surface area contributed by atoms with Crippen molar-refractivity contribution >= 4 is 5.91 Å². The Hall–Kier alpha value is -2.05. The third-order valence-corrected chi connectivity index (χ3v) is 2.33. The van der Waals surface area contributed by atoms with E-state index >= 15 is 0 Å². The van der Waals surface area contributed by atoms with Gasteiger partial charge in [0.15, 0.2) is 0 Å². The van der Waals surface area contributed by atoms with Crippen molar-refractivity contribution in [2.45, 2.75) is 13.5 Å². The Bertz CT molecular complexity index is 454. The van der Waals surface area contributed by atoms with Crippen molar-refractivity contribution in [2.75, 3.05) is 13.2 Å². The molecule has 0 aromatic heterocycles. The first kappa shape index (κ1) is 14.0. The summed E-state index contributed by atoms with van der Waals surface area (Å²) in [7, 11) is 0. The minimum absolute atomic E-state index is 0.0210. The summed E-state index contributed by atoms with van der Waals surface area (Å²) in [4.78, 5) is 13.4. The molecule has 0 atom stereocenters. The molecule has 0 unspecified atom stereocenters. The zero-order valence-electron chi connectivity index (χ0n) is 10.5. The van der Waals surface area contributed by atoms with Gasteiger partial charge in [0.1, 0.15) is 0 Å². The van der Waals surface area contributed by atoms with E-state index in [1.54, 1.807) is 24.0 Å². The van der Waals surface area contributed by atoms with Crippen LogP contribution < -0.4 is 0 Å². The number of carbonyl (C=O) groups excluding carboxylic acids is 1. The molecule has 0 heterocycles. The molecule has 0 spiro atoms. The standard InChI is InChI=1S/C15H17NO2/c1-2-8-15(18)16(11-6-7-12-17)13-14-9-4-3-5-10-14/h3-7,9-10,17H,11-13H2,1H3/b7-6+. The van der Waals surface area contributed by atoms with Crippen molar-refractivity contribution in [3.8, 4) is 11.8 Å². The molecule has 3 nitrogen and oxygen atoms in total. The monoisotopic (exact) mass is 243 g/mol. The molecule has 1 aromatic carbocycles. The number of amides is 1. The highest BCUT2D eigenvalue weighted by Crippen LogP contribution is 2.04. The number of hydrogen-bond acceptors (Lipinski definition) is 2. The van der Waals surface area contributed by atoms with Gasteiger partial charge in [0.05, 0.1) is 6.61 Å². The highest BCUT2D eigenvalue weighted by Gasteiger charge is 2.09. The second-order valence-electron chi connectivity index (χ2n) is 3.70. The smallest absolute Gasteiger partial charge is 0.299 e. The van der Waals surface area contributed by atoms with Gasteiger partial charge in [-0.3, -0.25) is 4.79 Å². The highest BCUT2D eigenvalue weighted by molar-refractivity contribution is 5.93. The zero-order valence-corrected chi connectivity index (χ0v) is 10.5. The molecule has 0 fully saturated rings.